The van der Waals surface area contributed by atoms with Crippen molar-refractivity contribution in [2.24, 2.45) is 0 Å². The molecule has 6 heteroatoms. The highest BCUT2D eigenvalue weighted by Gasteiger charge is 2.33. The van der Waals surface area contributed by atoms with Crippen LogP contribution in [0.3, 0.4) is 0 Å². The Bertz CT molecular complexity index is 879. The molecule has 1 heterocycles. The first-order chi connectivity index (χ1) is 12.0. The van der Waals surface area contributed by atoms with Gasteiger partial charge < -0.3 is 10.1 Å². The van der Waals surface area contributed by atoms with E-state index < -0.39 is 0 Å². The van der Waals surface area contributed by atoms with Gasteiger partial charge in [-0.1, -0.05) is 29.8 Å². The maximum Gasteiger partial charge on any atom is 0.281 e. The number of benzene rings is 2. The Morgan fingerprint density at radius 1 is 1.28 bits per heavy atom. The maximum atomic E-state index is 12.9. The zero-order chi connectivity index (χ0) is 18.0. The van der Waals surface area contributed by atoms with Crippen molar-refractivity contribution in [2.45, 2.75) is 13.8 Å². The highest BCUT2D eigenvalue weighted by Crippen LogP contribution is 2.29. The van der Waals surface area contributed by atoms with E-state index in [0.717, 1.165) is 16.9 Å². The summed E-state index contributed by atoms with van der Waals surface area (Å²) in [6, 6.07) is 12.9. The molecular weight excluding hydrogens is 356 g/mol. The van der Waals surface area contributed by atoms with E-state index in [9.17, 15) is 4.79 Å². The zero-order valence-corrected chi connectivity index (χ0v) is 15.4. The highest BCUT2D eigenvalue weighted by molar-refractivity contribution is 7.80. The number of ether oxygens (including phenoxy) is 1. The molecule has 25 heavy (non-hydrogen) atoms. The fraction of sp³-hybridized carbons (Fsp3) is 0.158. The molecule has 0 spiro atoms. The number of thiocarbonyl (C=S) groups is 1. The summed E-state index contributed by atoms with van der Waals surface area (Å²) in [5, 5.41) is 3.95. The molecule has 1 fully saturated rings. The number of nitrogens with zero attached hydrogens (tertiary/aromatic N) is 1. The van der Waals surface area contributed by atoms with Crippen LogP contribution in [0.2, 0.25) is 5.02 Å². The van der Waals surface area contributed by atoms with Gasteiger partial charge in [0, 0.05) is 10.6 Å². The van der Waals surface area contributed by atoms with Crippen LogP contribution in [-0.4, -0.2) is 17.6 Å². The molecule has 1 aliphatic rings. The fourth-order valence-corrected chi connectivity index (χ4v) is 3.18. The highest BCUT2D eigenvalue weighted by atomic mass is 35.5. The zero-order valence-electron chi connectivity index (χ0n) is 13.9. The molecule has 0 radical (unpaired) electrons. The Hall–Kier alpha value is -2.37. The molecule has 0 unspecified atom stereocenters. The quantitative estimate of drug-likeness (QED) is 0.641. The average molecular weight is 373 g/mol. The van der Waals surface area contributed by atoms with Crippen LogP contribution in [-0.2, 0) is 4.79 Å². The normalized spacial score (nSPS) is 15.6. The monoisotopic (exact) mass is 372 g/mol. The van der Waals surface area contributed by atoms with E-state index >= 15 is 0 Å². The predicted octanol–water partition coefficient (Wildman–Crippen LogP) is 4.31. The van der Waals surface area contributed by atoms with Crippen molar-refractivity contribution in [3.63, 3.8) is 0 Å². The summed E-state index contributed by atoms with van der Waals surface area (Å²) < 4.78 is 5.61. The molecule has 3 rings (SSSR count). The van der Waals surface area contributed by atoms with Crippen LogP contribution in [0.4, 0.5) is 5.69 Å². The molecule has 0 atom stereocenters. The second kappa shape index (κ2) is 7.25. The van der Waals surface area contributed by atoms with Crippen LogP contribution in [0.5, 0.6) is 5.75 Å². The number of nitrogens with one attached hydrogen (secondary N) is 1. The lowest BCUT2D eigenvalue weighted by atomic mass is 10.1. The first kappa shape index (κ1) is 17.5. The number of hydrogen-bond acceptors (Lipinski definition) is 3. The third-order valence-corrected chi connectivity index (χ3v) is 4.32. The number of carbonyl (C=O) groups excluding carboxylic acids is 1. The van der Waals surface area contributed by atoms with Crippen LogP contribution >= 0.6 is 23.8 Å². The van der Waals surface area contributed by atoms with E-state index in [-0.39, 0.29) is 5.91 Å². The Morgan fingerprint density at radius 3 is 2.76 bits per heavy atom. The molecule has 0 bridgehead atoms. The molecule has 128 valence electrons. The van der Waals surface area contributed by atoms with E-state index in [1.165, 1.54) is 4.90 Å². The summed E-state index contributed by atoms with van der Waals surface area (Å²) in [6.45, 7) is 4.36. The number of aryl methyl sites for hydroxylation is 1. The molecule has 0 saturated carbocycles. The van der Waals surface area contributed by atoms with Gasteiger partial charge in [-0.05, 0) is 62.0 Å². The summed E-state index contributed by atoms with van der Waals surface area (Å²) in [4.78, 5) is 14.3. The molecule has 0 aromatic heterocycles. The van der Waals surface area contributed by atoms with Gasteiger partial charge in [-0.25, -0.2) is 0 Å². The number of rotatable bonds is 4. The van der Waals surface area contributed by atoms with Crippen molar-refractivity contribution in [2.75, 3.05) is 11.5 Å². The van der Waals surface area contributed by atoms with Gasteiger partial charge >= 0.3 is 0 Å². The lowest BCUT2D eigenvalue weighted by molar-refractivity contribution is -0.113. The van der Waals surface area contributed by atoms with E-state index in [2.05, 4.69) is 5.32 Å². The Morgan fingerprint density at radius 2 is 2.04 bits per heavy atom. The van der Waals surface area contributed by atoms with Crippen LogP contribution in [0.1, 0.15) is 18.1 Å². The number of hydrogen-bond donors (Lipinski definition) is 1. The number of para-hydroxylation sites is 1. The van der Waals surface area contributed by atoms with E-state index in [1.807, 2.05) is 38.1 Å². The molecule has 2 aromatic rings. The van der Waals surface area contributed by atoms with Crippen LogP contribution in [0.15, 0.2) is 48.2 Å². The van der Waals surface area contributed by atoms with Crippen molar-refractivity contribution in [3.8, 4) is 5.75 Å². The predicted molar refractivity (Wildman–Crippen MR) is 105 cm³/mol. The molecule has 1 N–H and O–H groups in total. The van der Waals surface area contributed by atoms with Gasteiger partial charge in [-0.2, -0.15) is 0 Å². The van der Waals surface area contributed by atoms with E-state index in [0.29, 0.717) is 28.1 Å². The van der Waals surface area contributed by atoms with Gasteiger partial charge in [-0.15, -0.1) is 0 Å². The second-order valence-electron chi connectivity index (χ2n) is 5.53. The lowest BCUT2D eigenvalue weighted by Gasteiger charge is -2.16. The van der Waals surface area contributed by atoms with E-state index in [1.54, 1.807) is 24.3 Å². The van der Waals surface area contributed by atoms with Crippen LogP contribution < -0.4 is 15.0 Å². The molecule has 1 aliphatic heterocycles. The average Bonchev–Trinajstić information content (AvgIpc) is 2.84. The lowest BCUT2D eigenvalue weighted by Crippen LogP contribution is -2.30. The second-order valence-corrected chi connectivity index (χ2v) is 6.35. The minimum Gasteiger partial charge on any atom is -0.493 e. The summed E-state index contributed by atoms with van der Waals surface area (Å²) >= 11 is 11.4. The Balaban J connectivity index is 1.96. The summed E-state index contributed by atoms with van der Waals surface area (Å²) in [6.07, 6.45) is 1.75. The summed E-state index contributed by atoms with van der Waals surface area (Å²) in [5.41, 5.74) is 2.82. The molecule has 1 saturated heterocycles. The number of anilines is 1. The summed E-state index contributed by atoms with van der Waals surface area (Å²) in [5.74, 6) is 0.515. The van der Waals surface area contributed by atoms with Crippen molar-refractivity contribution in [1.82, 2.24) is 5.32 Å². The SMILES string of the molecule is CCOc1ccccc1/C=C1\NC(=S)N(c2ccc(Cl)cc2C)C1=O. The van der Waals surface area contributed by atoms with Crippen molar-refractivity contribution in [1.29, 1.82) is 0 Å². The number of carbonyl (C=O) groups is 1. The van der Waals surface area contributed by atoms with Crippen LogP contribution in [0, 0.1) is 6.92 Å². The molecule has 1 amide bonds. The fourth-order valence-electron chi connectivity index (χ4n) is 2.67. The molecule has 4 nitrogen and oxygen atoms in total. The molecule has 0 aliphatic carbocycles. The third-order valence-electron chi connectivity index (χ3n) is 3.80. The Labute approximate surface area is 157 Å². The molecule has 2 aromatic carbocycles. The van der Waals surface area contributed by atoms with Crippen LogP contribution in [0.25, 0.3) is 6.08 Å². The minimum absolute atomic E-state index is 0.207. The van der Waals surface area contributed by atoms with Gasteiger partial charge in [0.25, 0.3) is 5.91 Å². The van der Waals surface area contributed by atoms with Crippen molar-refractivity contribution >= 4 is 46.6 Å². The maximum absolute atomic E-state index is 12.9. The standard InChI is InChI=1S/C19H17ClN2O2S/c1-3-24-17-7-5-4-6-13(17)11-15-18(23)22(19(25)21-15)16-9-8-14(20)10-12(16)2/h4-11H,3H2,1-2H3,(H,21,25)/b15-11-. The van der Waals surface area contributed by atoms with Crippen molar-refractivity contribution in [3.05, 3.63) is 64.3 Å². The summed E-state index contributed by atoms with van der Waals surface area (Å²) in [7, 11) is 0. The third kappa shape index (κ3) is 3.52. The van der Waals surface area contributed by atoms with Crippen molar-refractivity contribution < 1.29 is 9.53 Å². The largest absolute Gasteiger partial charge is 0.493 e. The van der Waals surface area contributed by atoms with Gasteiger partial charge in [-0.3, -0.25) is 9.69 Å². The smallest absolute Gasteiger partial charge is 0.281 e. The first-order valence-electron chi connectivity index (χ1n) is 7.86. The minimum atomic E-state index is -0.207. The topological polar surface area (TPSA) is 41.6 Å². The first-order valence-corrected chi connectivity index (χ1v) is 8.65. The van der Waals surface area contributed by atoms with Gasteiger partial charge in [0.1, 0.15) is 11.4 Å². The van der Waals surface area contributed by atoms with Gasteiger partial charge in [0.05, 0.1) is 12.3 Å². The van der Waals surface area contributed by atoms with Gasteiger partial charge in [0.15, 0.2) is 5.11 Å². The van der Waals surface area contributed by atoms with Gasteiger partial charge in [0.2, 0.25) is 0 Å². The Kier molecular flexibility index (Phi) is 5.06. The van der Waals surface area contributed by atoms with E-state index in [4.69, 9.17) is 28.6 Å². The number of amides is 1. The number of halogens is 1. The molecular formula is C19H17ClN2O2S.